The first-order valence-corrected chi connectivity index (χ1v) is 8.27. The van der Waals surface area contributed by atoms with Crippen molar-refractivity contribution < 1.29 is 13.9 Å². The monoisotopic (exact) mass is 361 g/mol. The van der Waals surface area contributed by atoms with Crippen LogP contribution in [0.5, 0.6) is 5.75 Å². The van der Waals surface area contributed by atoms with Crippen LogP contribution in [0.25, 0.3) is 0 Å². The molecule has 0 fully saturated rings. The molecule has 2 aromatic rings. The van der Waals surface area contributed by atoms with Crippen molar-refractivity contribution in [2.45, 2.75) is 26.4 Å². The van der Waals surface area contributed by atoms with Crippen LogP contribution < -0.4 is 20.9 Å². The quantitative estimate of drug-likeness (QED) is 0.564. The second-order valence-corrected chi connectivity index (χ2v) is 5.72. The third-order valence-electron chi connectivity index (χ3n) is 3.43. The van der Waals surface area contributed by atoms with Gasteiger partial charge in [-0.3, -0.25) is 15.6 Å². The topological polar surface area (TPSA) is 62.4 Å². The lowest BCUT2D eigenvalue weighted by Crippen LogP contribution is -2.48. The lowest BCUT2D eigenvalue weighted by molar-refractivity contribution is -0.127. The maximum Gasteiger partial charge on any atom is 0.279 e. The van der Waals surface area contributed by atoms with E-state index in [2.05, 4.69) is 23.1 Å². The van der Waals surface area contributed by atoms with Gasteiger partial charge < -0.3 is 10.1 Å². The predicted molar refractivity (Wildman–Crippen MR) is 99.8 cm³/mol. The van der Waals surface area contributed by atoms with Crippen molar-refractivity contribution in [3.05, 3.63) is 59.9 Å². The fraction of sp³-hybridized carbons (Fsp3) is 0.222. The van der Waals surface area contributed by atoms with Crippen LogP contribution in [0.3, 0.4) is 0 Å². The molecule has 0 saturated heterocycles. The average Bonchev–Trinajstić information content (AvgIpc) is 2.62. The molecule has 0 unspecified atom stereocenters. The molecule has 0 aliphatic rings. The molecule has 0 spiro atoms. The molecule has 0 saturated carbocycles. The number of rotatable bonds is 5. The normalized spacial score (nSPS) is 11.3. The number of thiocarbonyl (C=S) groups is 1. The Morgan fingerprint density at radius 3 is 2.48 bits per heavy atom. The molecule has 1 atom stereocenters. The molecule has 3 N–H and O–H groups in total. The van der Waals surface area contributed by atoms with E-state index < -0.39 is 17.8 Å². The van der Waals surface area contributed by atoms with Crippen molar-refractivity contribution in [2.75, 3.05) is 5.32 Å². The van der Waals surface area contributed by atoms with E-state index in [1.54, 1.807) is 12.1 Å². The molecule has 132 valence electrons. The number of hydrogen-bond acceptors (Lipinski definition) is 3. The van der Waals surface area contributed by atoms with E-state index in [-0.39, 0.29) is 10.9 Å². The fourth-order valence-electron chi connectivity index (χ4n) is 1.99. The molecule has 0 bridgehead atoms. The Labute approximate surface area is 151 Å². The molecular weight excluding hydrogens is 341 g/mol. The Hall–Kier alpha value is -2.67. The van der Waals surface area contributed by atoms with E-state index in [9.17, 15) is 9.18 Å². The number of hydrazine groups is 1. The Kier molecular flexibility index (Phi) is 6.71. The first-order valence-electron chi connectivity index (χ1n) is 7.86. The molecule has 2 aromatic carbocycles. The number of nitrogens with one attached hydrogen (secondary N) is 3. The van der Waals surface area contributed by atoms with Gasteiger partial charge in [-0.15, -0.1) is 0 Å². The van der Waals surface area contributed by atoms with Gasteiger partial charge in [-0.2, -0.15) is 0 Å². The number of carbonyl (C=O) groups excluding carboxylic acids is 1. The summed E-state index contributed by atoms with van der Waals surface area (Å²) < 4.78 is 18.8. The summed E-state index contributed by atoms with van der Waals surface area (Å²) in [5.41, 5.74) is 7.04. The van der Waals surface area contributed by atoms with Crippen molar-refractivity contribution in [1.29, 1.82) is 0 Å². The van der Waals surface area contributed by atoms with Gasteiger partial charge in [-0.25, -0.2) is 4.39 Å². The van der Waals surface area contributed by atoms with Gasteiger partial charge in [0.15, 0.2) is 22.8 Å². The van der Waals surface area contributed by atoms with Gasteiger partial charge in [0.1, 0.15) is 0 Å². The zero-order chi connectivity index (χ0) is 18.2. The summed E-state index contributed by atoms with van der Waals surface area (Å²) in [5.74, 6) is -0.988. The molecule has 0 aromatic heterocycles. The van der Waals surface area contributed by atoms with E-state index in [1.807, 2.05) is 24.3 Å². The molecule has 2 rings (SSSR count). The molecule has 1 amide bonds. The van der Waals surface area contributed by atoms with Crippen LogP contribution in [0, 0.1) is 5.82 Å². The Morgan fingerprint density at radius 2 is 1.84 bits per heavy atom. The van der Waals surface area contributed by atoms with E-state index in [0.717, 1.165) is 12.1 Å². The highest BCUT2D eigenvalue weighted by molar-refractivity contribution is 7.80. The van der Waals surface area contributed by atoms with Gasteiger partial charge in [0.25, 0.3) is 5.91 Å². The third kappa shape index (κ3) is 5.72. The number of halogens is 1. The highest BCUT2D eigenvalue weighted by Gasteiger charge is 2.16. The number of hydrogen-bond donors (Lipinski definition) is 3. The summed E-state index contributed by atoms with van der Waals surface area (Å²) in [7, 11) is 0. The van der Waals surface area contributed by atoms with Crippen molar-refractivity contribution in [3.8, 4) is 5.75 Å². The molecule has 0 heterocycles. The van der Waals surface area contributed by atoms with Crippen LogP contribution in [-0.4, -0.2) is 17.1 Å². The fourth-order valence-corrected chi connectivity index (χ4v) is 2.16. The van der Waals surface area contributed by atoms with Crippen molar-refractivity contribution in [1.82, 2.24) is 10.9 Å². The smallest absolute Gasteiger partial charge is 0.279 e. The number of para-hydroxylation sites is 1. The highest BCUT2D eigenvalue weighted by Crippen LogP contribution is 2.16. The minimum atomic E-state index is -0.893. The number of carbonyl (C=O) groups is 1. The number of anilines is 1. The first kappa shape index (κ1) is 18.7. The minimum Gasteiger partial charge on any atom is -0.478 e. The summed E-state index contributed by atoms with van der Waals surface area (Å²) in [6, 6.07) is 13.7. The summed E-state index contributed by atoms with van der Waals surface area (Å²) in [6.45, 7) is 3.60. The van der Waals surface area contributed by atoms with Gasteiger partial charge >= 0.3 is 0 Å². The van der Waals surface area contributed by atoms with Crippen molar-refractivity contribution >= 4 is 28.9 Å². The van der Waals surface area contributed by atoms with Crippen LogP contribution in [0.2, 0.25) is 0 Å². The van der Waals surface area contributed by atoms with E-state index in [1.165, 1.54) is 24.6 Å². The van der Waals surface area contributed by atoms with Gasteiger partial charge in [0.2, 0.25) is 0 Å². The SMILES string of the molecule is CCc1ccc(NC(=S)NNC(=O)[C@H](C)Oc2ccccc2F)cc1. The van der Waals surface area contributed by atoms with Crippen LogP contribution in [0.15, 0.2) is 48.5 Å². The van der Waals surface area contributed by atoms with Crippen LogP contribution in [0.1, 0.15) is 19.4 Å². The Balaban J connectivity index is 1.80. The molecule has 0 radical (unpaired) electrons. The predicted octanol–water partition coefficient (Wildman–Crippen LogP) is 3.17. The Bertz CT molecular complexity index is 737. The summed E-state index contributed by atoms with van der Waals surface area (Å²) in [5, 5.41) is 3.18. The van der Waals surface area contributed by atoms with Crippen LogP contribution in [-0.2, 0) is 11.2 Å². The maximum absolute atomic E-state index is 13.5. The van der Waals surface area contributed by atoms with Crippen molar-refractivity contribution in [2.24, 2.45) is 0 Å². The lowest BCUT2D eigenvalue weighted by Gasteiger charge is -2.16. The standard InChI is InChI=1S/C18H20FN3O2S/c1-3-13-8-10-14(11-9-13)20-18(25)22-21-17(23)12(2)24-16-7-5-4-6-15(16)19/h4-12H,3H2,1-2H3,(H,21,23)(H2,20,22,25)/t12-/m0/s1. The van der Waals surface area contributed by atoms with Gasteiger partial charge in [-0.1, -0.05) is 31.2 Å². The summed E-state index contributed by atoms with van der Waals surface area (Å²) in [4.78, 5) is 12.0. The van der Waals surface area contributed by atoms with Crippen molar-refractivity contribution in [3.63, 3.8) is 0 Å². The largest absolute Gasteiger partial charge is 0.478 e. The molecular formula is C18H20FN3O2S. The van der Waals surface area contributed by atoms with Gasteiger partial charge in [-0.05, 0) is 55.4 Å². The first-order chi connectivity index (χ1) is 12.0. The molecule has 25 heavy (non-hydrogen) atoms. The van der Waals surface area contributed by atoms with Crippen LogP contribution in [0.4, 0.5) is 10.1 Å². The molecule has 0 aliphatic carbocycles. The molecule has 5 nitrogen and oxygen atoms in total. The molecule has 0 aliphatic heterocycles. The van der Waals surface area contributed by atoms with Crippen LogP contribution >= 0.6 is 12.2 Å². The Morgan fingerprint density at radius 1 is 1.16 bits per heavy atom. The lowest BCUT2D eigenvalue weighted by atomic mass is 10.1. The van der Waals surface area contributed by atoms with Gasteiger partial charge in [0, 0.05) is 5.69 Å². The van der Waals surface area contributed by atoms with E-state index in [0.29, 0.717) is 0 Å². The average molecular weight is 361 g/mol. The number of ether oxygens (including phenoxy) is 1. The zero-order valence-corrected chi connectivity index (χ0v) is 14.8. The maximum atomic E-state index is 13.5. The number of amides is 1. The number of aryl methyl sites for hydroxylation is 1. The zero-order valence-electron chi connectivity index (χ0n) is 14.0. The molecule has 7 heteroatoms. The third-order valence-corrected chi connectivity index (χ3v) is 3.63. The van der Waals surface area contributed by atoms with Gasteiger partial charge in [0.05, 0.1) is 0 Å². The minimum absolute atomic E-state index is 0.0156. The van der Waals surface area contributed by atoms with E-state index >= 15 is 0 Å². The second-order valence-electron chi connectivity index (χ2n) is 5.31. The number of benzene rings is 2. The highest BCUT2D eigenvalue weighted by atomic mass is 32.1. The summed E-state index contributed by atoms with van der Waals surface area (Å²) in [6.07, 6.45) is 0.0647. The second kappa shape index (κ2) is 8.98. The summed E-state index contributed by atoms with van der Waals surface area (Å²) >= 11 is 5.11. The van der Waals surface area contributed by atoms with E-state index in [4.69, 9.17) is 17.0 Å².